The second-order valence-electron chi connectivity index (χ2n) is 6.24. The Morgan fingerprint density at radius 2 is 1.95 bits per heavy atom. The van der Waals surface area contributed by atoms with Gasteiger partial charge in [-0.05, 0) is 27.2 Å². The summed E-state index contributed by atoms with van der Waals surface area (Å²) >= 11 is 1.87. The molecule has 5 nitrogen and oxygen atoms in total. The summed E-state index contributed by atoms with van der Waals surface area (Å²) in [5.41, 5.74) is -1.18. The van der Waals surface area contributed by atoms with Crippen molar-refractivity contribution in [3.8, 4) is 0 Å². The fraction of sp³-hybridized carbons (Fsp3) is 0.857. The largest absolute Gasteiger partial charge is 0.480 e. The maximum atomic E-state index is 12.6. The smallest absolute Gasteiger partial charge is 0.329 e. The van der Waals surface area contributed by atoms with Crippen LogP contribution < -0.4 is 0 Å². The number of carbonyl (C=O) groups excluding carboxylic acids is 1. The van der Waals surface area contributed by atoms with Gasteiger partial charge in [0.25, 0.3) is 0 Å². The molecule has 0 radical (unpaired) electrons. The first-order chi connectivity index (χ1) is 9.12. The molecule has 0 aromatic heterocycles. The molecule has 0 unspecified atom stereocenters. The summed E-state index contributed by atoms with van der Waals surface area (Å²) in [5, 5.41) is 9.31. The highest BCUT2D eigenvalue weighted by atomic mass is 32.2. The molecule has 1 rings (SSSR count). The third kappa shape index (κ3) is 3.81. The predicted molar refractivity (Wildman–Crippen MR) is 82.2 cm³/mol. The first-order valence-corrected chi connectivity index (χ1v) is 8.04. The average molecular weight is 302 g/mol. The Morgan fingerprint density at radius 1 is 1.35 bits per heavy atom. The second-order valence-corrected chi connectivity index (χ2v) is 8.04. The Morgan fingerprint density at radius 3 is 2.45 bits per heavy atom. The van der Waals surface area contributed by atoms with Gasteiger partial charge in [0.05, 0.1) is 0 Å². The summed E-state index contributed by atoms with van der Waals surface area (Å²) in [7, 11) is 0. The summed E-state index contributed by atoms with van der Waals surface area (Å²) in [6.45, 7) is 11.1. The average Bonchev–Trinajstić information content (AvgIpc) is 2.50. The van der Waals surface area contributed by atoms with Gasteiger partial charge in [0, 0.05) is 30.1 Å². The molecule has 0 bridgehead atoms. The van der Waals surface area contributed by atoms with Gasteiger partial charge in [0.1, 0.15) is 5.54 Å². The zero-order chi connectivity index (χ0) is 15.6. The lowest BCUT2D eigenvalue weighted by atomic mass is 10.0. The molecule has 1 saturated heterocycles. The van der Waals surface area contributed by atoms with Gasteiger partial charge in [-0.2, -0.15) is 11.8 Å². The van der Waals surface area contributed by atoms with Crippen LogP contribution in [0, 0.1) is 0 Å². The first kappa shape index (κ1) is 17.1. The van der Waals surface area contributed by atoms with Crippen LogP contribution in [-0.4, -0.2) is 62.6 Å². The highest BCUT2D eigenvalue weighted by Gasteiger charge is 2.39. The van der Waals surface area contributed by atoms with Gasteiger partial charge in [-0.15, -0.1) is 0 Å². The number of thioether (sulfide) groups is 1. The molecule has 0 atom stereocenters. The molecule has 20 heavy (non-hydrogen) atoms. The van der Waals surface area contributed by atoms with E-state index < -0.39 is 11.5 Å². The molecular weight excluding hydrogens is 276 g/mol. The number of carboxylic acid groups (broad SMARTS) is 1. The number of carboxylic acids is 1. The van der Waals surface area contributed by atoms with Crippen molar-refractivity contribution in [1.82, 2.24) is 9.80 Å². The van der Waals surface area contributed by atoms with E-state index in [4.69, 9.17) is 0 Å². The minimum atomic E-state index is -1.18. The van der Waals surface area contributed by atoms with Crippen molar-refractivity contribution in [2.24, 2.45) is 0 Å². The number of amides is 2. The van der Waals surface area contributed by atoms with Crippen LogP contribution in [0.15, 0.2) is 0 Å². The van der Waals surface area contributed by atoms with E-state index in [1.807, 2.05) is 18.7 Å². The molecule has 116 valence electrons. The zero-order valence-corrected chi connectivity index (χ0v) is 13.9. The van der Waals surface area contributed by atoms with Gasteiger partial charge < -0.3 is 14.9 Å². The molecule has 1 aliphatic heterocycles. The molecule has 0 spiro atoms. The standard InChI is InChI=1S/C14H26N2O3S/c1-6-16(14(4,5)11(17)18)12(19)15-8-7-13(2,3)20-10-9-15/h6-10H2,1-5H3,(H,17,18). The van der Waals surface area contributed by atoms with Gasteiger partial charge in [-0.25, -0.2) is 9.59 Å². The van der Waals surface area contributed by atoms with E-state index in [2.05, 4.69) is 13.8 Å². The number of carbonyl (C=O) groups is 2. The maximum Gasteiger partial charge on any atom is 0.329 e. The van der Waals surface area contributed by atoms with E-state index in [0.717, 1.165) is 12.2 Å². The Kier molecular flexibility index (Phi) is 5.35. The van der Waals surface area contributed by atoms with Crippen LogP contribution in [0.1, 0.15) is 41.0 Å². The minimum Gasteiger partial charge on any atom is -0.480 e. The predicted octanol–water partition coefficient (Wildman–Crippen LogP) is 2.51. The van der Waals surface area contributed by atoms with Crippen molar-refractivity contribution < 1.29 is 14.7 Å². The van der Waals surface area contributed by atoms with Crippen LogP contribution in [0.2, 0.25) is 0 Å². The monoisotopic (exact) mass is 302 g/mol. The normalized spacial score (nSPS) is 19.4. The summed E-state index contributed by atoms with van der Waals surface area (Å²) in [6, 6.07) is -0.168. The van der Waals surface area contributed by atoms with Crippen molar-refractivity contribution in [2.75, 3.05) is 25.4 Å². The van der Waals surface area contributed by atoms with Gasteiger partial charge in [-0.1, -0.05) is 13.8 Å². The molecule has 0 aliphatic carbocycles. The highest BCUT2D eigenvalue weighted by molar-refractivity contribution is 8.00. The number of urea groups is 1. The number of rotatable bonds is 3. The topological polar surface area (TPSA) is 60.9 Å². The minimum absolute atomic E-state index is 0.168. The van der Waals surface area contributed by atoms with Gasteiger partial charge in [-0.3, -0.25) is 0 Å². The lowest BCUT2D eigenvalue weighted by Gasteiger charge is -2.37. The first-order valence-electron chi connectivity index (χ1n) is 7.05. The lowest BCUT2D eigenvalue weighted by molar-refractivity contribution is -0.147. The van der Waals surface area contributed by atoms with Gasteiger partial charge in [0.2, 0.25) is 0 Å². The van der Waals surface area contributed by atoms with Crippen molar-refractivity contribution in [3.63, 3.8) is 0 Å². The molecule has 2 amide bonds. The number of aliphatic carboxylic acids is 1. The van der Waals surface area contributed by atoms with Crippen LogP contribution in [0.3, 0.4) is 0 Å². The Balaban J connectivity index is 2.84. The number of nitrogens with zero attached hydrogens (tertiary/aromatic N) is 2. The molecule has 0 aromatic rings. The third-order valence-electron chi connectivity index (χ3n) is 3.85. The molecule has 6 heteroatoms. The Bertz CT molecular complexity index is 383. The molecule has 0 aromatic carbocycles. The SMILES string of the molecule is CCN(C(=O)N1CCSC(C)(C)CC1)C(C)(C)C(=O)O. The van der Waals surface area contributed by atoms with Crippen LogP contribution >= 0.6 is 11.8 Å². The zero-order valence-electron chi connectivity index (χ0n) is 13.1. The van der Waals surface area contributed by atoms with E-state index in [9.17, 15) is 14.7 Å². The van der Waals surface area contributed by atoms with Crippen molar-refractivity contribution in [1.29, 1.82) is 0 Å². The van der Waals surface area contributed by atoms with Crippen LogP contribution in [0.25, 0.3) is 0 Å². The maximum absolute atomic E-state index is 12.6. The number of likely N-dealkylation sites (N-methyl/N-ethyl adjacent to an activating group) is 1. The van der Waals surface area contributed by atoms with Crippen LogP contribution in [-0.2, 0) is 4.79 Å². The summed E-state index contributed by atoms with van der Waals surface area (Å²) in [4.78, 5) is 27.2. The van der Waals surface area contributed by atoms with Gasteiger partial charge >= 0.3 is 12.0 Å². The quantitative estimate of drug-likeness (QED) is 0.870. The summed E-state index contributed by atoms with van der Waals surface area (Å²) < 4.78 is 0.175. The molecule has 1 N–H and O–H groups in total. The highest BCUT2D eigenvalue weighted by Crippen LogP contribution is 2.31. The summed E-state index contributed by atoms with van der Waals surface area (Å²) in [6.07, 6.45) is 0.925. The van der Waals surface area contributed by atoms with E-state index >= 15 is 0 Å². The summed E-state index contributed by atoms with van der Waals surface area (Å²) in [5.74, 6) is -0.0821. The van der Waals surface area contributed by atoms with Gasteiger partial charge in [0.15, 0.2) is 0 Å². The van der Waals surface area contributed by atoms with Crippen LogP contribution in [0.4, 0.5) is 4.79 Å². The molecule has 1 fully saturated rings. The molecule has 0 saturated carbocycles. The fourth-order valence-electron chi connectivity index (χ4n) is 2.27. The molecule has 1 heterocycles. The third-order valence-corrected chi connectivity index (χ3v) is 5.23. The number of hydrogen-bond acceptors (Lipinski definition) is 3. The van der Waals surface area contributed by atoms with E-state index in [1.54, 1.807) is 18.7 Å². The van der Waals surface area contributed by atoms with E-state index in [-0.39, 0.29) is 10.8 Å². The van der Waals surface area contributed by atoms with Crippen molar-refractivity contribution in [2.45, 2.75) is 51.3 Å². The molecular formula is C14H26N2O3S. The Hall–Kier alpha value is -0.910. The van der Waals surface area contributed by atoms with Crippen molar-refractivity contribution in [3.05, 3.63) is 0 Å². The fourth-order valence-corrected chi connectivity index (χ4v) is 3.37. The van der Waals surface area contributed by atoms with Crippen molar-refractivity contribution >= 4 is 23.8 Å². The number of hydrogen-bond donors (Lipinski definition) is 1. The van der Waals surface area contributed by atoms with E-state index in [0.29, 0.717) is 19.6 Å². The van der Waals surface area contributed by atoms with E-state index in [1.165, 1.54) is 4.90 Å². The van der Waals surface area contributed by atoms with Crippen LogP contribution in [0.5, 0.6) is 0 Å². The second kappa shape index (κ2) is 6.24. The lowest BCUT2D eigenvalue weighted by Crippen LogP contribution is -2.57. The molecule has 1 aliphatic rings. The Labute approximate surface area is 125 Å².